The lowest BCUT2D eigenvalue weighted by molar-refractivity contribution is -0.111. The van der Waals surface area contributed by atoms with Crippen molar-refractivity contribution in [1.82, 2.24) is 0 Å². The Kier molecular flexibility index (Phi) is 10.3. The molecule has 0 aromatic rings. The molecule has 0 bridgehead atoms. The first-order valence-electron chi connectivity index (χ1n) is 8.70. The molecule has 0 radical (unpaired) electrons. The summed E-state index contributed by atoms with van der Waals surface area (Å²) < 4.78 is 0. The van der Waals surface area contributed by atoms with Gasteiger partial charge >= 0.3 is 0 Å². The van der Waals surface area contributed by atoms with E-state index in [1.807, 2.05) is 24.3 Å². The zero-order valence-electron chi connectivity index (χ0n) is 14.2. The van der Waals surface area contributed by atoms with Crippen molar-refractivity contribution in [1.29, 1.82) is 0 Å². The Balaban J connectivity index is 2.43. The van der Waals surface area contributed by atoms with E-state index in [9.17, 15) is 9.90 Å². The van der Waals surface area contributed by atoms with Crippen LogP contribution < -0.4 is 0 Å². The topological polar surface area (TPSA) is 57.5 Å². The van der Waals surface area contributed by atoms with Crippen LogP contribution in [0.4, 0.5) is 0 Å². The van der Waals surface area contributed by atoms with E-state index in [-0.39, 0.29) is 18.3 Å². The summed E-state index contributed by atoms with van der Waals surface area (Å²) in [7, 11) is 0. The van der Waals surface area contributed by atoms with Crippen LogP contribution in [0.25, 0.3) is 0 Å². The Morgan fingerprint density at radius 1 is 1.17 bits per heavy atom. The van der Waals surface area contributed by atoms with Gasteiger partial charge in [-0.1, -0.05) is 43.4 Å². The summed E-state index contributed by atoms with van der Waals surface area (Å²) in [6.45, 7) is 2.31. The van der Waals surface area contributed by atoms with E-state index in [1.165, 1.54) is 0 Å². The normalized spacial score (nSPS) is 21.3. The lowest BCUT2D eigenvalue weighted by atomic mass is 9.96. The van der Waals surface area contributed by atoms with Gasteiger partial charge in [0.05, 0.1) is 6.10 Å². The minimum absolute atomic E-state index is 0.0694. The molecule has 0 aromatic heterocycles. The van der Waals surface area contributed by atoms with Gasteiger partial charge in [-0.25, -0.2) is 0 Å². The maximum absolute atomic E-state index is 11.9. The molecule has 0 saturated carbocycles. The SMILES string of the molecule is CC/C=C\C[C@H](O)C/C=C1/C(=O)C=C[C@@H]1C/C=C\CCCCO. The molecule has 0 aliphatic heterocycles. The molecule has 2 atom stereocenters. The fourth-order valence-electron chi connectivity index (χ4n) is 2.56. The first-order valence-corrected chi connectivity index (χ1v) is 8.70. The molecular weight excluding hydrogens is 288 g/mol. The number of rotatable bonds is 11. The van der Waals surface area contributed by atoms with Gasteiger partial charge in [-0.05, 0) is 51.0 Å². The van der Waals surface area contributed by atoms with Gasteiger partial charge in [-0.2, -0.15) is 0 Å². The molecule has 0 spiro atoms. The van der Waals surface area contributed by atoms with Gasteiger partial charge in [0, 0.05) is 18.1 Å². The highest BCUT2D eigenvalue weighted by atomic mass is 16.3. The van der Waals surface area contributed by atoms with Crippen molar-refractivity contribution >= 4 is 5.78 Å². The molecule has 1 aliphatic carbocycles. The largest absolute Gasteiger partial charge is 0.396 e. The van der Waals surface area contributed by atoms with E-state index >= 15 is 0 Å². The molecule has 0 unspecified atom stereocenters. The zero-order chi connectivity index (χ0) is 16.9. The van der Waals surface area contributed by atoms with E-state index in [2.05, 4.69) is 19.1 Å². The number of hydrogen-bond acceptors (Lipinski definition) is 3. The average Bonchev–Trinajstić information content (AvgIpc) is 2.89. The number of carbonyl (C=O) groups excluding carboxylic acids is 1. The number of aliphatic hydroxyl groups is 2. The summed E-state index contributed by atoms with van der Waals surface area (Å²) in [5, 5.41) is 18.7. The Bertz CT molecular complexity index is 458. The van der Waals surface area contributed by atoms with Crippen LogP contribution in [0.3, 0.4) is 0 Å². The third-order valence-corrected chi connectivity index (χ3v) is 3.92. The van der Waals surface area contributed by atoms with Crippen molar-refractivity contribution in [3.05, 3.63) is 48.1 Å². The van der Waals surface area contributed by atoms with Crippen molar-refractivity contribution in [3.8, 4) is 0 Å². The van der Waals surface area contributed by atoms with Crippen molar-refractivity contribution in [2.24, 2.45) is 5.92 Å². The molecule has 0 aromatic carbocycles. The lowest BCUT2D eigenvalue weighted by Crippen LogP contribution is -2.07. The second kappa shape index (κ2) is 12.0. The predicted molar refractivity (Wildman–Crippen MR) is 95.1 cm³/mol. The maximum atomic E-state index is 11.9. The summed E-state index contributed by atoms with van der Waals surface area (Å²) >= 11 is 0. The number of ketones is 1. The Labute approximate surface area is 140 Å². The second-order valence-electron chi connectivity index (χ2n) is 5.92. The molecule has 3 heteroatoms. The lowest BCUT2D eigenvalue weighted by Gasteiger charge is -2.10. The van der Waals surface area contributed by atoms with Crippen LogP contribution in [0.5, 0.6) is 0 Å². The molecule has 1 rings (SSSR count). The third kappa shape index (κ3) is 8.10. The summed E-state index contributed by atoms with van der Waals surface area (Å²) in [4.78, 5) is 11.9. The molecule has 23 heavy (non-hydrogen) atoms. The van der Waals surface area contributed by atoms with Crippen LogP contribution in [0.15, 0.2) is 48.1 Å². The van der Waals surface area contributed by atoms with Crippen molar-refractivity contribution in [2.45, 2.75) is 58.0 Å². The zero-order valence-corrected chi connectivity index (χ0v) is 14.2. The molecule has 0 saturated heterocycles. The quantitative estimate of drug-likeness (QED) is 0.345. The van der Waals surface area contributed by atoms with E-state index in [0.717, 1.165) is 37.7 Å². The van der Waals surface area contributed by atoms with Crippen LogP contribution in [0.1, 0.15) is 51.9 Å². The third-order valence-electron chi connectivity index (χ3n) is 3.92. The first kappa shape index (κ1) is 19.6. The van der Waals surface area contributed by atoms with Gasteiger partial charge in [-0.15, -0.1) is 0 Å². The number of allylic oxidation sites excluding steroid dienone is 6. The van der Waals surface area contributed by atoms with E-state index < -0.39 is 6.10 Å². The molecule has 128 valence electrons. The van der Waals surface area contributed by atoms with Crippen LogP contribution >= 0.6 is 0 Å². The number of hydrogen-bond donors (Lipinski definition) is 2. The Morgan fingerprint density at radius 3 is 2.74 bits per heavy atom. The van der Waals surface area contributed by atoms with Gasteiger partial charge in [-0.3, -0.25) is 4.79 Å². The van der Waals surface area contributed by atoms with Crippen LogP contribution in [-0.2, 0) is 4.79 Å². The minimum Gasteiger partial charge on any atom is -0.396 e. The monoisotopic (exact) mass is 318 g/mol. The standard InChI is InChI=1S/C20H30O3/c1-2-3-7-11-18(22)13-14-19-17(12-15-20(19)23)10-8-5-4-6-9-16-21/h3,5,7-8,12,14-15,17-18,21-22H,2,4,6,9-11,13,16H2,1H3/b7-3-,8-5-,19-14+/t17-,18-/m0/s1. The molecule has 0 amide bonds. The summed E-state index contributed by atoms with van der Waals surface area (Å²) in [6, 6.07) is 0. The van der Waals surface area contributed by atoms with Gasteiger partial charge < -0.3 is 10.2 Å². The highest BCUT2D eigenvalue weighted by Gasteiger charge is 2.21. The predicted octanol–water partition coefficient (Wildman–Crippen LogP) is 3.88. The fourth-order valence-corrected chi connectivity index (χ4v) is 2.56. The second-order valence-corrected chi connectivity index (χ2v) is 5.92. The van der Waals surface area contributed by atoms with Gasteiger partial charge in [0.15, 0.2) is 5.78 Å². The maximum Gasteiger partial charge on any atom is 0.181 e. The summed E-state index contributed by atoms with van der Waals surface area (Å²) in [5.41, 5.74) is 0.809. The van der Waals surface area contributed by atoms with Crippen molar-refractivity contribution < 1.29 is 15.0 Å². The summed E-state index contributed by atoms with van der Waals surface area (Å²) in [6.07, 6.45) is 19.1. The number of carbonyl (C=O) groups is 1. The highest BCUT2D eigenvalue weighted by molar-refractivity contribution is 6.07. The first-order chi connectivity index (χ1) is 11.2. The van der Waals surface area contributed by atoms with E-state index in [1.54, 1.807) is 6.08 Å². The molecule has 2 N–H and O–H groups in total. The van der Waals surface area contributed by atoms with Gasteiger partial charge in [0.1, 0.15) is 0 Å². The molecule has 0 fully saturated rings. The van der Waals surface area contributed by atoms with Crippen LogP contribution in [-0.4, -0.2) is 28.7 Å². The summed E-state index contributed by atoms with van der Waals surface area (Å²) in [5.74, 6) is 0.204. The molecular formula is C20H30O3. The molecule has 3 nitrogen and oxygen atoms in total. The number of unbranched alkanes of at least 4 members (excludes halogenated alkanes) is 2. The van der Waals surface area contributed by atoms with Crippen molar-refractivity contribution in [2.75, 3.05) is 6.61 Å². The number of aliphatic hydroxyl groups excluding tert-OH is 2. The highest BCUT2D eigenvalue weighted by Crippen LogP contribution is 2.26. The smallest absolute Gasteiger partial charge is 0.181 e. The average molecular weight is 318 g/mol. The molecule has 0 heterocycles. The molecule has 1 aliphatic rings. The van der Waals surface area contributed by atoms with Gasteiger partial charge in [0.2, 0.25) is 0 Å². The van der Waals surface area contributed by atoms with E-state index in [0.29, 0.717) is 12.8 Å². The Hall–Kier alpha value is -1.45. The van der Waals surface area contributed by atoms with Crippen molar-refractivity contribution in [3.63, 3.8) is 0 Å². The van der Waals surface area contributed by atoms with Crippen LogP contribution in [0, 0.1) is 5.92 Å². The Morgan fingerprint density at radius 2 is 2.00 bits per heavy atom. The van der Waals surface area contributed by atoms with Crippen LogP contribution in [0.2, 0.25) is 0 Å². The van der Waals surface area contributed by atoms with E-state index in [4.69, 9.17) is 5.11 Å². The minimum atomic E-state index is -0.423. The fraction of sp³-hybridized carbons (Fsp3) is 0.550. The van der Waals surface area contributed by atoms with Gasteiger partial charge in [0.25, 0.3) is 0 Å².